The Labute approximate surface area is 218 Å². The Balaban J connectivity index is 1.35. The molecule has 0 radical (unpaired) electrons. The number of methoxy groups -OCH3 is 1. The number of benzene rings is 4. The SMILES string of the molecule is COc1ccc(/C=C2\SC(=O)N(Cc3ccc(Cl)cc3)C2=O)cc1OCc1cccc2ccccc12. The van der Waals surface area contributed by atoms with Gasteiger partial charge in [0.15, 0.2) is 11.5 Å². The van der Waals surface area contributed by atoms with Crippen molar-refractivity contribution in [2.45, 2.75) is 13.2 Å². The molecule has 180 valence electrons. The van der Waals surface area contributed by atoms with E-state index in [2.05, 4.69) is 18.2 Å². The van der Waals surface area contributed by atoms with E-state index in [0.29, 0.717) is 28.0 Å². The van der Waals surface area contributed by atoms with E-state index in [1.54, 1.807) is 43.5 Å². The zero-order valence-corrected chi connectivity index (χ0v) is 21.0. The first-order valence-corrected chi connectivity index (χ1v) is 12.5. The molecule has 36 heavy (non-hydrogen) atoms. The zero-order valence-electron chi connectivity index (χ0n) is 19.4. The molecule has 0 N–H and O–H groups in total. The van der Waals surface area contributed by atoms with Crippen LogP contribution in [-0.4, -0.2) is 23.2 Å². The molecular formula is C29H22ClNO4S. The summed E-state index contributed by atoms with van der Waals surface area (Å²) in [5, 5.41) is 2.58. The van der Waals surface area contributed by atoms with E-state index in [-0.39, 0.29) is 17.7 Å². The van der Waals surface area contributed by atoms with Gasteiger partial charge < -0.3 is 9.47 Å². The Morgan fingerprint density at radius 1 is 0.917 bits per heavy atom. The number of ether oxygens (including phenoxy) is 2. The fourth-order valence-corrected chi connectivity index (χ4v) is 4.99. The summed E-state index contributed by atoms with van der Waals surface area (Å²) in [7, 11) is 1.59. The number of nitrogens with zero attached hydrogens (tertiary/aromatic N) is 1. The smallest absolute Gasteiger partial charge is 0.293 e. The summed E-state index contributed by atoms with van der Waals surface area (Å²) in [6, 6.07) is 26.8. The molecule has 0 unspecified atom stereocenters. The second-order valence-electron chi connectivity index (χ2n) is 8.23. The molecule has 0 aromatic heterocycles. The first-order valence-electron chi connectivity index (χ1n) is 11.3. The molecule has 1 aliphatic rings. The van der Waals surface area contributed by atoms with Crippen LogP contribution < -0.4 is 9.47 Å². The highest BCUT2D eigenvalue weighted by Crippen LogP contribution is 2.36. The number of carbonyl (C=O) groups excluding carboxylic acids is 2. The molecule has 2 amide bonds. The lowest BCUT2D eigenvalue weighted by molar-refractivity contribution is -0.123. The van der Waals surface area contributed by atoms with Crippen LogP contribution in [0.25, 0.3) is 16.8 Å². The largest absolute Gasteiger partial charge is 0.493 e. The molecule has 0 spiro atoms. The number of amides is 2. The number of carbonyl (C=O) groups is 2. The van der Waals surface area contributed by atoms with Crippen LogP contribution in [0.5, 0.6) is 11.5 Å². The van der Waals surface area contributed by atoms with Gasteiger partial charge in [-0.15, -0.1) is 0 Å². The number of hydrogen-bond donors (Lipinski definition) is 0. The molecule has 0 atom stereocenters. The summed E-state index contributed by atoms with van der Waals surface area (Å²) in [4.78, 5) is 27.1. The van der Waals surface area contributed by atoms with Crippen molar-refractivity contribution < 1.29 is 19.1 Å². The molecule has 5 nitrogen and oxygen atoms in total. The fraction of sp³-hybridized carbons (Fsp3) is 0.103. The Morgan fingerprint density at radius 2 is 1.69 bits per heavy atom. The van der Waals surface area contributed by atoms with Gasteiger partial charge in [-0.3, -0.25) is 14.5 Å². The van der Waals surface area contributed by atoms with Gasteiger partial charge in [0.1, 0.15) is 6.61 Å². The maximum Gasteiger partial charge on any atom is 0.293 e. The van der Waals surface area contributed by atoms with Gasteiger partial charge in [0.2, 0.25) is 0 Å². The lowest BCUT2D eigenvalue weighted by atomic mass is 10.1. The lowest BCUT2D eigenvalue weighted by Gasteiger charge is -2.13. The highest BCUT2D eigenvalue weighted by Gasteiger charge is 2.35. The maximum absolute atomic E-state index is 13.0. The van der Waals surface area contributed by atoms with Crippen molar-refractivity contribution in [1.29, 1.82) is 0 Å². The lowest BCUT2D eigenvalue weighted by Crippen LogP contribution is -2.27. The van der Waals surface area contributed by atoms with Gasteiger partial charge >= 0.3 is 0 Å². The Bertz CT molecular complexity index is 1480. The summed E-state index contributed by atoms with van der Waals surface area (Å²) in [5.74, 6) is 0.816. The van der Waals surface area contributed by atoms with Crippen molar-refractivity contribution in [2.75, 3.05) is 7.11 Å². The summed E-state index contributed by atoms with van der Waals surface area (Å²) in [6.07, 6.45) is 1.71. The van der Waals surface area contributed by atoms with Crippen LogP contribution in [0.1, 0.15) is 16.7 Å². The van der Waals surface area contributed by atoms with Gasteiger partial charge in [-0.2, -0.15) is 0 Å². The molecule has 4 aromatic rings. The minimum Gasteiger partial charge on any atom is -0.493 e. The molecule has 5 rings (SSSR count). The normalized spacial score (nSPS) is 14.6. The van der Waals surface area contributed by atoms with Crippen LogP contribution in [0.4, 0.5) is 4.79 Å². The standard InChI is InChI=1S/C29H22ClNO4S/c1-34-25-14-11-20(15-26(25)35-18-22-7-4-6-21-5-2-3-8-24(21)22)16-27-28(32)31(29(33)36-27)17-19-9-12-23(30)13-10-19/h2-16H,17-18H2,1H3/b27-16-. The Morgan fingerprint density at radius 3 is 2.50 bits per heavy atom. The average Bonchev–Trinajstić information content (AvgIpc) is 3.16. The van der Waals surface area contributed by atoms with Crippen LogP contribution in [-0.2, 0) is 17.9 Å². The number of hydrogen-bond acceptors (Lipinski definition) is 5. The highest BCUT2D eigenvalue weighted by atomic mass is 35.5. The Hall–Kier alpha value is -3.74. The van der Waals surface area contributed by atoms with E-state index in [4.69, 9.17) is 21.1 Å². The monoisotopic (exact) mass is 515 g/mol. The van der Waals surface area contributed by atoms with Crippen LogP contribution in [0.2, 0.25) is 5.02 Å². The topological polar surface area (TPSA) is 55.8 Å². The van der Waals surface area contributed by atoms with Crippen molar-refractivity contribution in [3.05, 3.63) is 112 Å². The summed E-state index contributed by atoms with van der Waals surface area (Å²) >= 11 is 6.86. The molecule has 1 saturated heterocycles. The van der Waals surface area contributed by atoms with E-state index >= 15 is 0 Å². The third-order valence-electron chi connectivity index (χ3n) is 5.88. The predicted octanol–water partition coefficient (Wildman–Crippen LogP) is 7.32. The van der Waals surface area contributed by atoms with Crippen molar-refractivity contribution in [3.63, 3.8) is 0 Å². The van der Waals surface area contributed by atoms with E-state index < -0.39 is 0 Å². The predicted molar refractivity (Wildman–Crippen MR) is 144 cm³/mol. The van der Waals surface area contributed by atoms with Crippen LogP contribution in [0.15, 0.2) is 89.8 Å². The molecule has 7 heteroatoms. The zero-order chi connectivity index (χ0) is 25.1. The summed E-state index contributed by atoms with van der Waals surface area (Å²) in [6.45, 7) is 0.556. The molecule has 0 saturated carbocycles. The number of thioether (sulfide) groups is 1. The molecule has 4 aromatic carbocycles. The van der Waals surface area contributed by atoms with Gasteiger partial charge in [-0.25, -0.2) is 0 Å². The first-order chi connectivity index (χ1) is 17.5. The molecule has 0 bridgehead atoms. The average molecular weight is 516 g/mol. The number of rotatable bonds is 7. The van der Waals surface area contributed by atoms with Gasteiger partial charge in [-0.1, -0.05) is 72.3 Å². The van der Waals surface area contributed by atoms with E-state index in [9.17, 15) is 9.59 Å². The van der Waals surface area contributed by atoms with Gasteiger partial charge in [0.25, 0.3) is 11.1 Å². The van der Waals surface area contributed by atoms with Crippen molar-refractivity contribution >= 4 is 51.4 Å². The highest BCUT2D eigenvalue weighted by molar-refractivity contribution is 8.18. The number of halogens is 1. The molecule has 0 aliphatic carbocycles. The second-order valence-corrected chi connectivity index (χ2v) is 9.66. The van der Waals surface area contributed by atoms with E-state index in [1.807, 2.05) is 36.4 Å². The van der Waals surface area contributed by atoms with Crippen molar-refractivity contribution in [3.8, 4) is 11.5 Å². The molecule has 1 fully saturated rings. The van der Waals surface area contributed by atoms with Crippen LogP contribution in [0.3, 0.4) is 0 Å². The molecular weight excluding hydrogens is 494 g/mol. The minimum absolute atomic E-state index is 0.196. The van der Waals surface area contributed by atoms with Crippen LogP contribution in [0, 0.1) is 0 Å². The molecule has 1 aliphatic heterocycles. The number of imide groups is 1. The Kier molecular flexibility index (Phi) is 6.98. The summed E-state index contributed by atoms with van der Waals surface area (Å²) < 4.78 is 11.6. The third kappa shape index (κ3) is 5.10. The molecule has 1 heterocycles. The summed E-state index contributed by atoms with van der Waals surface area (Å²) in [5.41, 5.74) is 2.63. The van der Waals surface area contributed by atoms with Gasteiger partial charge in [-0.05, 0) is 69.6 Å². The minimum atomic E-state index is -0.325. The fourth-order valence-electron chi connectivity index (χ4n) is 4.03. The van der Waals surface area contributed by atoms with Gasteiger partial charge in [0, 0.05) is 5.02 Å². The third-order valence-corrected chi connectivity index (χ3v) is 7.04. The quantitative estimate of drug-likeness (QED) is 0.241. The van der Waals surface area contributed by atoms with Gasteiger partial charge in [0.05, 0.1) is 18.6 Å². The van der Waals surface area contributed by atoms with E-state index in [0.717, 1.165) is 39.2 Å². The first kappa shape index (κ1) is 24.0. The van der Waals surface area contributed by atoms with Crippen molar-refractivity contribution in [2.24, 2.45) is 0 Å². The van der Waals surface area contributed by atoms with Crippen LogP contribution >= 0.6 is 23.4 Å². The second kappa shape index (κ2) is 10.5. The van der Waals surface area contributed by atoms with E-state index in [1.165, 1.54) is 4.90 Å². The number of fused-ring (bicyclic) bond motifs is 1. The van der Waals surface area contributed by atoms with Crippen molar-refractivity contribution in [1.82, 2.24) is 4.90 Å². The maximum atomic E-state index is 13.0.